The Kier molecular flexibility index (Phi) is 5.25. The molecule has 0 aliphatic carbocycles. The highest BCUT2D eigenvalue weighted by Gasteiger charge is 2.35. The van der Waals surface area contributed by atoms with E-state index in [-0.39, 0.29) is 17.4 Å². The molecule has 0 unspecified atom stereocenters. The summed E-state index contributed by atoms with van der Waals surface area (Å²) in [7, 11) is 1.59. The maximum Gasteiger partial charge on any atom is 0.282 e. The zero-order valence-corrected chi connectivity index (χ0v) is 18.5. The van der Waals surface area contributed by atoms with Crippen LogP contribution in [0.15, 0.2) is 83.5 Å². The second-order valence-corrected chi connectivity index (χ2v) is 8.53. The Morgan fingerprint density at radius 2 is 1.75 bits per heavy atom. The Morgan fingerprint density at radius 3 is 2.44 bits per heavy atom. The number of anilines is 1. The van der Waals surface area contributed by atoms with Crippen LogP contribution in [0.5, 0.6) is 5.75 Å². The van der Waals surface area contributed by atoms with Gasteiger partial charge in [0, 0.05) is 10.1 Å². The van der Waals surface area contributed by atoms with E-state index in [4.69, 9.17) is 16.3 Å². The number of halogens is 2. The highest BCUT2D eigenvalue weighted by Crippen LogP contribution is 2.39. The van der Waals surface area contributed by atoms with Gasteiger partial charge < -0.3 is 4.74 Å². The van der Waals surface area contributed by atoms with Crippen LogP contribution in [0.25, 0.3) is 16.2 Å². The van der Waals surface area contributed by atoms with E-state index >= 15 is 0 Å². The van der Waals surface area contributed by atoms with E-state index < -0.39 is 0 Å². The van der Waals surface area contributed by atoms with Crippen LogP contribution in [-0.4, -0.2) is 18.9 Å². The first kappa shape index (κ1) is 20.4. The molecule has 5 rings (SSSR count). The molecule has 4 nitrogen and oxygen atoms in total. The molecular weight excluding hydrogens is 447 g/mol. The summed E-state index contributed by atoms with van der Waals surface area (Å²) >= 11 is 8.20. The molecule has 0 spiro atoms. The third kappa shape index (κ3) is 3.57. The average molecular weight is 463 g/mol. The highest BCUT2D eigenvalue weighted by atomic mass is 35.5. The molecule has 3 aromatic carbocycles. The average Bonchev–Trinajstić information content (AvgIpc) is 3.32. The first-order chi connectivity index (χ1) is 15.5. The number of hydrogen-bond donors (Lipinski definition) is 0. The molecule has 0 radical (unpaired) electrons. The van der Waals surface area contributed by atoms with Crippen molar-refractivity contribution in [2.75, 3.05) is 12.0 Å². The van der Waals surface area contributed by atoms with Crippen LogP contribution >= 0.6 is 22.9 Å². The number of carbonyl (C=O) groups excluding carboxylic acids is 1. The zero-order chi connectivity index (χ0) is 22.2. The zero-order valence-electron chi connectivity index (χ0n) is 16.9. The minimum atomic E-state index is -0.342. The molecule has 0 atom stereocenters. The van der Waals surface area contributed by atoms with Gasteiger partial charge >= 0.3 is 0 Å². The lowest BCUT2D eigenvalue weighted by Crippen LogP contribution is -2.32. The molecule has 0 saturated carbocycles. The number of amides is 1. The van der Waals surface area contributed by atoms with Gasteiger partial charge in [-0.05, 0) is 54.1 Å². The van der Waals surface area contributed by atoms with Crippen molar-refractivity contribution < 1.29 is 13.9 Å². The van der Waals surface area contributed by atoms with Gasteiger partial charge in [0.05, 0.1) is 22.7 Å². The van der Waals surface area contributed by atoms with Crippen LogP contribution in [0.1, 0.15) is 10.4 Å². The molecule has 0 saturated heterocycles. The van der Waals surface area contributed by atoms with E-state index in [2.05, 4.69) is 4.99 Å². The van der Waals surface area contributed by atoms with E-state index in [1.807, 2.05) is 24.3 Å². The molecule has 0 fully saturated rings. The number of methoxy groups -OCH3 is 1. The van der Waals surface area contributed by atoms with Gasteiger partial charge in [-0.1, -0.05) is 41.9 Å². The van der Waals surface area contributed by atoms with Crippen LogP contribution in [0.2, 0.25) is 5.02 Å². The van der Waals surface area contributed by atoms with Crippen molar-refractivity contribution in [3.8, 4) is 5.75 Å². The Morgan fingerprint density at radius 1 is 1.03 bits per heavy atom. The molecule has 1 aliphatic rings. The molecule has 1 aromatic heterocycles. The van der Waals surface area contributed by atoms with Crippen molar-refractivity contribution in [3.63, 3.8) is 0 Å². The second-order valence-electron chi connectivity index (χ2n) is 7.10. The highest BCUT2D eigenvalue weighted by molar-refractivity contribution is 7.21. The van der Waals surface area contributed by atoms with Gasteiger partial charge in [0.15, 0.2) is 5.84 Å². The van der Waals surface area contributed by atoms with E-state index in [1.165, 1.54) is 23.5 Å². The summed E-state index contributed by atoms with van der Waals surface area (Å²) in [6.45, 7) is 0. The minimum absolute atomic E-state index is 0.246. The number of ether oxygens (including phenoxy) is 1. The van der Waals surface area contributed by atoms with Gasteiger partial charge in [0.2, 0.25) is 0 Å². The largest absolute Gasteiger partial charge is 0.497 e. The lowest BCUT2D eigenvalue weighted by molar-refractivity contribution is -0.113. The van der Waals surface area contributed by atoms with E-state index in [1.54, 1.807) is 54.5 Å². The number of carbonyl (C=O) groups is 1. The molecule has 7 heteroatoms. The van der Waals surface area contributed by atoms with E-state index in [0.717, 1.165) is 10.1 Å². The molecule has 4 aromatic rings. The quantitative estimate of drug-likeness (QED) is 0.323. The van der Waals surface area contributed by atoms with Crippen molar-refractivity contribution in [3.05, 3.63) is 99.8 Å². The SMILES string of the molecule is COc1ccc(N2C(=O)/C(=C\c3ccc(F)cc3)N=C2c2sc3ccccc3c2Cl)cc1. The number of nitrogens with zero attached hydrogens (tertiary/aromatic N) is 2. The Balaban J connectivity index is 1.66. The molecule has 32 heavy (non-hydrogen) atoms. The molecule has 0 N–H and O–H groups in total. The fourth-order valence-electron chi connectivity index (χ4n) is 3.51. The number of thiophene rings is 1. The number of aliphatic imine (C=N–C) groups is 1. The topological polar surface area (TPSA) is 41.9 Å². The standard InChI is InChI=1S/C25H16ClFN2O2S/c1-31-18-12-10-17(11-13-18)29-24(23-22(26)19-4-2-3-5-21(19)32-23)28-20(25(29)30)14-15-6-8-16(27)9-7-15/h2-14H,1H3/b20-14+. The van der Waals surface area contributed by atoms with Gasteiger partial charge in [-0.15, -0.1) is 11.3 Å². The monoisotopic (exact) mass is 462 g/mol. The molecule has 0 bridgehead atoms. The molecule has 158 valence electrons. The number of amidine groups is 1. The second kappa shape index (κ2) is 8.22. The van der Waals surface area contributed by atoms with Crippen LogP contribution in [-0.2, 0) is 4.79 Å². The first-order valence-electron chi connectivity index (χ1n) is 9.77. The minimum Gasteiger partial charge on any atom is -0.497 e. The van der Waals surface area contributed by atoms with Crippen LogP contribution in [0.4, 0.5) is 10.1 Å². The van der Waals surface area contributed by atoms with Crippen molar-refractivity contribution in [2.45, 2.75) is 0 Å². The van der Waals surface area contributed by atoms with Gasteiger partial charge in [0.25, 0.3) is 5.91 Å². The Labute approximate surface area is 192 Å². The smallest absolute Gasteiger partial charge is 0.282 e. The van der Waals surface area contributed by atoms with Crippen molar-refractivity contribution in [2.24, 2.45) is 4.99 Å². The van der Waals surface area contributed by atoms with Crippen LogP contribution < -0.4 is 9.64 Å². The molecule has 1 amide bonds. The summed E-state index contributed by atoms with van der Waals surface area (Å²) in [6, 6.07) is 20.9. The molecular formula is C25H16ClFN2O2S. The summed E-state index contributed by atoms with van der Waals surface area (Å²) in [4.78, 5) is 20.4. The van der Waals surface area contributed by atoms with E-state index in [0.29, 0.717) is 32.7 Å². The molecule has 1 aliphatic heterocycles. The predicted molar refractivity (Wildman–Crippen MR) is 128 cm³/mol. The molecule has 2 heterocycles. The Bertz CT molecular complexity index is 1390. The van der Waals surface area contributed by atoms with Gasteiger partial charge in [-0.3, -0.25) is 9.69 Å². The third-order valence-electron chi connectivity index (χ3n) is 5.10. The van der Waals surface area contributed by atoms with E-state index in [9.17, 15) is 9.18 Å². The normalized spacial score (nSPS) is 15.0. The lowest BCUT2D eigenvalue weighted by Gasteiger charge is -2.18. The summed E-state index contributed by atoms with van der Waals surface area (Å²) in [5.74, 6) is 0.509. The fraction of sp³-hybridized carbons (Fsp3) is 0.0400. The first-order valence-corrected chi connectivity index (χ1v) is 11.0. The van der Waals surface area contributed by atoms with Crippen LogP contribution in [0.3, 0.4) is 0 Å². The summed E-state index contributed by atoms with van der Waals surface area (Å²) in [6.07, 6.45) is 1.65. The number of benzene rings is 3. The fourth-order valence-corrected chi connectivity index (χ4v) is 5.01. The van der Waals surface area contributed by atoms with Crippen molar-refractivity contribution in [1.82, 2.24) is 0 Å². The Hall–Kier alpha value is -3.48. The summed E-state index contributed by atoms with van der Waals surface area (Å²) in [5, 5.41) is 1.47. The summed E-state index contributed by atoms with van der Waals surface area (Å²) < 4.78 is 19.6. The lowest BCUT2D eigenvalue weighted by atomic mass is 10.2. The predicted octanol–water partition coefficient (Wildman–Crippen LogP) is 6.54. The van der Waals surface area contributed by atoms with Gasteiger partial charge in [0.1, 0.15) is 17.3 Å². The number of hydrogen-bond acceptors (Lipinski definition) is 4. The number of fused-ring (bicyclic) bond motifs is 1. The summed E-state index contributed by atoms with van der Waals surface area (Å²) in [5.41, 5.74) is 1.57. The third-order valence-corrected chi connectivity index (χ3v) is 6.77. The van der Waals surface area contributed by atoms with Crippen LogP contribution in [0, 0.1) is 5.82 Å². The maximum atomic E-state index is 13.4. The number of rotatable bonds is 4. The van der Waals surface area contributed by atoms with Crippen molar-refractivity contribution >= 4 is 56.5 Å². The van der Waals surface area contributed by atoms with Crippen molar-refractivity contribution in [1.29, 1.82) is 0 Å². The van der Waals surface area contributed by atoms with Gasteiger partial charge in [-0.25, -0.2) is 9.38 Å². The maximum absolute atomic E-state index is 13.4. The van der Waals surface area contributed by atoms with Gasteiger partial charge in [-0.2, -0.15) is 0 Å².